The summed E-state index contributed by atoms with van der Waals surface area (Å²) >= 11 is 11.9. The van der Waals surface area contributed by atoms with Gasteiger partial charge in [0, 0.05) is 22.4 Å². The first-order chi connectivity index (χ1) is 12.7. The molecule has 1 aliphatic heterocycles. The van der Waals surface area contributed by atoms with E-state index in [9.17, 15) is 9.59 Å². The molecule has 0 radical (unpaired) electrons. The predicted molar refractivity (Wildman–Crippen MR) is 109 cm³/mol. The number of Topliss-reactive ketones (excluding diaryl/α,β-unsaturated/α-hetero) is 1. The van der Waals surface area contributed by atoms with Crippen LogP contribution < -0.4 is 5.32 Å². The van der Waals surface area contributed by atoms with Gasteiger partial charge in [-0.1, -0.05) is 39.0 Å². The zero-order valence-electron chi connectivity index (χ0n) is 15.5. The summed E-state index contributed by atoms with van der Waals surface area (Å²) in [6.07, 6.45) is 2.17. The second-order valence-corrected chi connectivity index (χ2v) is 9.24. The molecule has 3 aliphatic rings. The lowest BCUT2D eigenvalue weighted by Crippen LogP contribution is -2.60. The number of nitrogens with zero attached hydrogens (tertiary/aromatic N) is 1. The molecule has 1 aromatic rings. The summed E-state index contributed by atoms with van der Waals surface area (Å²) in [4.78, 5) is 31.5. The van der Waals surface area contributed by atoms with Crippen molar-refractivity contribution in [2.45, 2.75) is 44.0 Å². The molecule has 2 bridgehead atoms. The van der Waals surface area contributed by atoms with Crippen molar-refractivity contribution in [1.29, 1.82) is 0 Å². The van der Waals surface area contributed by atoms with Crippen molar-refractivity contribution in [3.8, 4) is 0 Å². The maximum absolute atomic E-state index is 14.0. The Morgan fingerprint density at radius 2 is 2.07 bits per heavy atom. The highest BCUT2D eigenvalue weighted by atomic mass is 35.5. The van der Waals surface area contributed by atoms with Gasteiger partial charge in [0.2, 0.25) is 5.91 Å². The summed E-state index contributed by atoms with van der Waals surface area (Å²) in [5.41, 5.74) is -0.566. The van der Waals surface area contributed by atoms with E-state index in [1.54, 1.807) is 6.08 Å². The molecule has 0 saturated heterocycles. The van der Waals surface area contributed by atoms with Crippen molar-refractivity contribution in [1.82, 2.24) is 0 Å². The number of carbonyl (C=O) groups is 2. The van der Waals surface area contributed by atoms with Gasteiger partial charge in [-0.25, -0.2) is 4.99 Å². The van der Waals surface area contributed by atoms with Crippen LogP contribution in [-0.2, 0) is 15.1 Å². The molecule has 2 aliphatic carbocycles. The number of hydrogen-bond acceptors (Lipinski definition) is 4. The largest absolute Gasteiger partial charge is 0.325 e. The van der Waals surface area contributed by atoms with Gasteiger partial charge in [0.15, 0.2) is 11.3 Å². The van der Waals surface area contributed by atoms with E-state index >= 15 is 0 Å². The molecule has 1 N–H and O–H groups in total. The van der Waals surface area contributed by atoms with Crippen LogP contribution in [0.15, 0.2) is 35.8 Å². The summed E-state index contributed by atoms with van der Waals surface area (Å²) in [6, 6.07) is 5.57. The molecule has 1 heterocycles. The van der Waals surface area contributed by atoms with E-state index in [0.29, 0.717) is 12.0 Å². The van der Waals surface area contributed by atoms with Gasteiger partial charge < -0.3 is 5.32 Å². The van der Waals surface area contributed by atoms with Crippen LogP contribution in [0.25, 0.3) is 0 Å². The SMILES string of the molecule is C=C[C@]1(C)[C@H](Cl)C[C@@H]2C(=O)[C@@]1(N=C=S)c1cccc3c1[C@H](C(=O)N3)C2(C)C. The zero-order chi connectivity index (χ0) is 19.8. The molecule has 1 aromatic carbocycles. The highest BCUT2D eigenvalue weighted by molar-refractivity contribution is 7.78. The first-order valence-corrected chi connectivity index (χ1v) is 9.86. The van der Waals surface area contributed by atoms with Crippen LogP contribution in [0.5, 0.6) is 0 Å². The van der Waals surface area contributed by atoms with Gasteiger partial charge in [-0.15, -0.1) is 18.2 Å². The Morgan fingerprint density at radius 1 is 1.37 bits per heavy atom. The fourth-order valence-electron chi connectivity index (χ4n) is 5.50. The van der Waals surface area contributed by atoms with Crippen LogP contribution in [0.2, 0.25) is 0 Å². The Labute approximate surface area is 169 Å². The molecule has 1 amide bonds. The van der Waals surface area contributed by atoms with Crippen molar-refractivity contribution >= 4 is 46.4 Å². The Kier molecular flexibility index (Phi) is 3.85. The third-order valence-electron chi connectivity index (χ3n) is 7.13. The second kappa shape index (κ2) is 5.60. The molecular weight excluding hydrogens is 380 g/mol. The average Bonchev–Trinajstić information content (AvgIpc) is 2.95. The van der Waals surface area contributed by atoms with E-state index in [0.717, 1.165) is 11.3 Å². The van der Waals surface area contributed by atoms with Crippen molar-refractivity contribution in [2.24, 2.45) is 21.7 Å². The number of anilines is 1. The summed E-state index contributed by atoms with van der Waals surface area (Å²) in [6.45, 7) is 9.84. The summed E-state index contributed by atoms with van der Waals surface area (Å²) < 4.78 is 0. The lowest BCUT2D eigenvalue weighted by Gasteiger charge is -2.52. The standard InChI is InChI=1S/C21H21ClN2O2S/c1-5-20(4)14(22)9-12-17(25)21(20,23-10-27)11-7-6-8-13-15(11)16(18(26)24-13)19(12,2)3/h5-8,12,14,16H,1,9H2,2-4H3,(H,24,26)/t12-,14-,16-,20-,21+/m1/s1. The minimum atomic E-state index is -1.34. The number of aliphatic imine (C=N–C) groups is 1. The maximum atomic E-state index is 14.0. The molecule has 4 nitrogen and oxygen atoms in total. The fraction of sp³-hybridized carbons (Fsp3) is 0.476. The monoisotopic (exact) mass is 400 g/mol. The Bertz CT molecular complexity index is 952. The smallest absolute Gasteiger partial charge is 0.232 e. The number of benzene rings is 1. The highest BCUT2D eigenvalue weighted by Crippen LogP contribution is 2.65. The van der Waals surface area contributed by atoms with E-state index in [2.05, 4.69) is 22.0 Å². The number of amides is 1. The maximum Gasteiger partial charge on any atom is 0.232 e. The minimum absolute atomic E-state index is 0.0558. The van der Waals surface area contributed by atoms with Crippen LogP contribution in [-0.4, -0.2) is 22.2 Å². The van der Waals surface area contributed by atoms with Crippen LogP contribution >= 0.6 is 23.8 Å². The normalized spacial score (nSPS) is 38.3. The molecule has 140 valence electrons. The van der Waals surface area contributed by atoms with Gasteiger partial charge in [-0.3, -0.25) is 9.59 Å². The molecule has 1 fully saturated rings. The minimum Gasteiger partial charge on any atom is -0.325 e. The third-order valence-corrected chi connectivity index (χ3v) is 7.85. The van der Waals surface area contributed by atoms with Crippen LogP contribution in [0, 0.1) is 16.7 Å². The first-order valence-electron chi connectivity index (χ1n) is 9.02. The van der Waals surface area contributed by atoms with E-state index < -0.39 is 28.2 Å². The second-order valence-electron chi connectivity index (χ2n) is 8.53. The van der Waals surface area contributed by atoms with Crippen molar-refractivity contribution in [3.63, 3.8) is 0 Å². The number of carbonyl (C=O) groups excluding carboxylic acids is 2. The molecule has 0 spiro atoms. The van der Waals surface area contributed by atoms with Gasteiger partial charge in [0.1, 0.15) is 0 Å². The predicted octanol–water partition coefficient (Wildman–Crippen LogP) is 4.45. The lowest BCUT2D eigenvalue weighted by atomic mass is 9.53. The van der Waals surface area contributed by atoms with E-state index in [1.807, 2.05) is 39.0 Å². The summed E-state index contributed by atoms with van der Waals surface area (Å²) in [7, 11) is 0. The van der Waals surface area contributed by atoms with Gasteiger partial charge in [0.05, 0.1) is 11.1 Å². The van der Waals surface area contributed by atoms with Gasteiger partial charge >= 0.3 is 0 Å². The average molecular weight is 401 g/mol. The fourth-order valence-corrected chi connectivity index (χ4v) is 6.06. The lowest BCUT2D eigenvalue weighted by molar-refractivity contribution is -0.141. The Hall–Kier alpha value is -1.81. The molecule has 5 atom stereocenters. The summed E-state index contributed by atoms with van der Waals surface area (Å²) in [5, 5.41) is 5.06. The number of rotatable bonds is 2. The van der Waals surface area contributed by atoms with Crippen LogP contribution in [0.1, 0.15) is 44.2 Å². The topological polar surface area (TPSA) is 58.5 Å². The van der Waals surface area contributed by atoms with Gasteiger partial charge in [-0.05, 0) is 41.2 Å². The van der Waals surface area contributed by atoms with Crippen molar-refractivity contribution in [3.05, 3.63) is 42.0 Å². The van der Waals surface area contributed by atoms with Crippen LogP contribution in [0.4, 0.5) is 5.69 Å². The van der Waals surface area contributed by atoms with E-state index in [-0.39, 0.29) is 17.1 Å². The number of halogens is 1. The van der Waals surface area contributed by atoms with E-state index in [1.165, 1.54) is 0 Å². The number of hydrogen-bond donors (Lipinski definition) is 1. The van der Waals surface area contributed by atoms with Crippen LogP contribution in [0.3, 0.4) is 0 Å². The van der Waals surface area contributed by atoms with E-state index in [4.69, 9.17) is 23.8 Å². The molecule has 0 aromatic heterocycles. The number of ketones is 1. The number of alkyl halides is 1. The molecule has 1 saturated carbocycles. The Morgan fingerprint density at radius 3 is 2.70 bits per heavy atom. The van der Waals surface area contributed by atoms with Crippen molar-refractivity contribution < 1.29 is 9.59 Å². The number of nitrogens with one attached hydrogen (secondary N) is 1. The molecule has 0 unspecified atom stereocenters. The quantitative estimate of drug-likeness (QED) is 0.345. The van der Waals surface area contributed by atoms with Gasteiger partial charge in [0.25, 0.3) is 0 Å². The first kappa shape index (κ1) is 18.5. The Balaban J connectivity index is 2.22. The highest BCUT2D eigenvalue weighted by Gasteiger charge is 2.69. The molecule has 27 heavy (non-hydrogen) atoms. The van der Waals surface area contributed by atoms with Gasteiger partial charge in [-0.2, -0.15) is 0 Å². The molecule has 4 rings (SSSR count). The summed E-state index contributed by atoms with van der Waals surface area (Å²) in [5.74, 6) is -1.03. The molecule has 6 heteroatoms. The van der Waals surface area contributed by atoms with Crippen molar-refractivity contribution in [2.75, 3.05) is 5.32 Å². The molecular formula is C21H21ClN2O2S. The number of isothiocyanates is 1. The third kappa shape index (κ3) is 1.95. The number of fused-ring (bicyclic) bond motifs is 3. The zero-order valence-corrected chi connectivity index (χ0v) is 17.1. The number of thiocarbonyl (C=S) groups is 1.